The van der Waals surface area contributed by atoms with Crippen molar-refractivity contribution in [1.29, 1.82) is 0 Å². The van der Waals surface area contributed by atoms with E-state index in [1.165, 1.54) is 18.2 Å². The van der Waals surface area contributed by atoms with E-state index in [-0.39, 0.29) is 5.82 Å². The van der Waals surface area contributed by atoms with E-state index in [9.17, 15) is 9.18 Å². The van der Waals surface area contributed by atoms with Gasteiger partial charge in [-0.05, 0) is 50.6 Å². The Bertz CT molecular complexity index is 931. The molecule has 3 aromatic rings. The minimum absolute atomic E-state index is 0.283. The Labute approximate surface area is 146 Å². The zero-order chi connectivity index (χ0) is 18.0. The number of hydrogen-bond acceptors (Lipinski definition) is 2. The van der Waals surface area contributed by atoms with Crippen LogP contribution < -0.4 is 0 Å². The van der Waals surface area contributed by atoms with Gasteiger partial charge in [-0.1, -0.05) is 30.3 Å². The Balaban J connectivity index is 2.04. The number of ether oxygens (including phenoxy) is 1. The molecule has 128 valence electrons. The minimum atomic E-state index is -0.540. The SMILES string of the molecule is CC(C)(C)OC(=O)C=Cc1[nH]c2ccccc2c1-c1ccc(F)cc1. The Hall–Kier alpha value is -2.88. The Kier molecular flexibility index (Phi) is 4.45. The molecule has 0 saturated carbocycles. The van der Waals surface area contributed by atoms with Gasteiger partial charge in [0, 0.05) is 28.2 Å². The molecule has 0 aliphatic carbocycles. The number of carbonyl (C=O) groups excluding carboxylic acids is 1. The van der Waals surface area contributed by atoms with Crippen LogP contribution in [0.1, 0.15) is 26.5 Å². The molecule has 0 aliphatic heterocycles. The average Bonchev–Trinajstić information content (AvgIpc) is 2.90. The van der Waals surface area contributed by atoms with E-state index in [0.29, 0.717) is 0 Å². The normalized spacial score (nSPS) is 12.0. The summed E-state index contributed by atoms with van der Waals surface area (Å²) < 4.78 is 18.6. The van der Waals surface area contributed by atoms with Crippen LogP contribution in [0.2, 0.25) is 0 Å². The van der Waals surface area contributed by atoms with Crippen molar-refractivity contribution in [2.24, 2.45) is 0 Å². The summed E-state index contributed by atoms with van der Waals surface area (Å²) in [6, 6.07) is 14.2. The number of halogens is 1. The highest BCUT2D eigenvalue weighted by Gasteiger charge is 2.15. The first-order chi connectivity index (χ1) is 11.8. The van der Waals surface area contributed by atoms with Crippen LogP contribution in [-0.4, -0.2) is 16.6 Å². The van der Waals surface area contributed by atoms with Gasteiger partial charge in [0.15, 0.2) is 0 Å². The number of nitrogens with one attached hydrogen (secondary N) is 1. The maximum absolute atomic E-state index is 13.3. The van der Waals surface area contributed by atoms with Crippen molar-refractivity contribution in [3.05, 3.63) is 66.1 Å². The largest absolute Gasteiger partial charge is 0.457 e. The van der Waals surface area contributed by atoms with Crippen molar-refractivity contribution in [2.75, 3.05) is 0 Å². The lowest BCUT2D eigenvalue weighted by Gasteiger charge is -2.17. The Morgan fingerprint density at radius 2 is 1.76 bits per heavy atom. The molecule has 3 rings (SSSR count). The van der Waals surface area contributed by atoms with Crippen LogP contribution in [0.15, 0.2) is 54.6 Å². The molecule has 2 aromatic carbocycles. The molecule has 3 nitrogen and oxygen atoms in total. The highest BCUT2D eigenvalue weighted by molar-refractivity contribution is 6.01. The number of benzene rings is 2. The first-order valence-corrected chi connectivity index (χ1v) is 8.11. The standard InChI is InChI=1S/C21H20FNO2/c1-21(2,3)25-19(24)13-12-18-20(14-8-10-15(22)11-9-14)16-6-4-5-7-17(16)23-18/h4-13,23H,1-3H3. The number of para-hydroxylation sites is 1. The van der Waals surface area contributed by atoms with Crippen LogP contribution in [0.25, 0.3) is 28.1 Å². The van der Waals surface area contributed by atoms with E-state index >= 15 is 0 Å². The fraction of sp³-hybridized carbons (Fsp3) is 0.190. The van der Waals surface area contributed by atoms with Crippen LogP contribution >= 0.6 is 0 Å². The summed E-state index contributed by atoms with van der Waals surface area (Å²) in [5, 5.41) is 1.01. The molecular weight excluding hydrogens is 317 g/mol. The van der Waals surface area contributed by atoms with Crippen LogP contribution in [0.4, 0.5) is 4.39 Å². The molecule has 0 spiro atoms. The predicted octanol–water partition coefficient (Wildman–Crippen LogP) is 5.33. The maximum Gasteiger partial charge on any atom is 0.331 e. The second kappa shape index (κ2) is 6.55. The predicted molar refractivity (Wildman–Crippen MR) is 98.6 cm³/mol. The summed E-state index contributed by atoms with van der Waals surface area (Å²) in [4.78, 5) is 15.3. The molecule has 0 amide bonds. The smallest absolute Gasteiger partial charge is 0.331 e. The highest BCUT2D eigenvalue weighted by Crippen LogP contribution is 2.33. The molecule has 0 bridgehead atoms. The van der Waals surface area contributed by atoms with Gasteiger partial charge in [-0.2, -0.15) is 0 Å². The van der Waals surface area contributed by atoms with Gasteiger partial charge in [-0.25, -0.2) is 9.18 Å². The third-order valence-electron chi connectivity index (χ3n) is 3.66. The van der Waals surface area contributed by atoms with Crippen molar-refractivity contribution in [3.8, 4) is 11.1 Å². The molecule has 1 N–H and O–H groups in total. The Morgan fingerprint density at radius 3 is 2.44 bits per heavy atom. The molecule has 25 heavy (non-hydrogen) atoms. The number of H-pyrrole nitrogens is 1. The first-order valence-electron chi connectivity index (χ1n) is 8.11. The number of hydrogen-bond donors (Lipinski definition) is 1. The molecule has 0 fully saturated rings. The lowest BCUT2D eigenvalue weighted by Crippen LogP contribution is -2.22. The summed E-state index contributed by atoms with van der Waals surface area (Å²) in [5.41, 5.74) is 2.99. The molecule has 1 heterocycles. The fourth-order valence-corrected chi connectivity index (χ4v) is 2.70. The molecule has 4 heteroatoms. The van der Waals surface area contributed by atoms with Crippen LogP contribution in [0.5, 0.6) is 0 Å². The van der Waals surface area contributed by atoms with E-state index in [0.717, 1.165) is 27.7 Å². The molecule has 0 atom stereocenters. The van der Waals surface area contributed by atoms with Crippen molar-refractivity contribution in [3.63, 3.8) is 0 Å². The van der Waals surface area contributed by atoms with Gasteiger partial charge in [0.2, 0.25) is 0 Å². The molecule has 0 saturated heterocycles. The summed E-state index contributed by atoms with van der Waals surface area (Å²) in [6.07, 6.45) is 3.11. The molecular formula is C21H20FNO2. The number of carbonyl (C=O) groups is 1. The number of esters is 1. The lowest BCUT2D eigenvalue weighted by molar-refractivity contribution is -0.148. The van der Waals surface area contributed by atoms with E-state index < -0.39 is 11.6 Å². The van der Waals surface area contributed by atoms with Crippen LogP contribution in [-0.2, 0) is 9.53 Å². The van der Waals surface area contributed by atoms with E-state index in [1.807, 2.05) is 45.0 Å². The molecule has 0 aliphatic rings. The van der Waals surface area contributed by atoms with Gasteiger partial charge in [0.05, 0.1) is 0 Å². The van der Waals surface area contributed by atoms with E-state index in [1.54, 1.807) is 18.2 Å². The van der Waals surface area contributed by atoms with Crippen LogP contribution in [0.3, 0.4) is 0 Å². The topological polar surface area (TPSA) is 42.1 Å². The summed E-state index contributed by atoms with van der Waals surface area (Å²) in [7, 11) is 0. The molecule has 1 aromatic heterocycles. The first kappa shape index (κ1) is 17.0. The monoisotopic (exact) mass is 337 g/mol. The Morgan fingerprint density at radius 1 is 1.08 bits per heavy atom. The van der Waals surface area contributed by atoms with Crippen molar-refractivity contribution >= 4 is 22.9 Å². The summed E-state index contributed by atoms with van der Waals surface area (Å²) in [6.45, 7) is 5.48. The summed E-state index contributed by atoms with van der Waals surface area (Å²) >= 11 is 0. The number of rotatable bonds is 3. The van der Waals surface area contributed by atoms with Crippen LogP contribution in [0, 0.1) is 5.82 Å². The fourth-order valence-electron chi connectivity index (χ4n) is 2.70. The van der Waals surface area contributed by atoms with E-state index in [4.69, 9.17) is 4.74 Å². The summed E-state index contributed by atoms with van der Waals surface area (Å²) in [5.74, 6) is -0.689. The number of fused-ring (bicyclic) bond motifs is 1. The maximum atomic E-state index is 13.3. The zero-order valence-electron chi connectivity index (χ0n) is 14.5. The van der Waals surface area contributed by atoms with Gasteiger partial charge < -0.3 is 9.72 Å². The quantitative estimate of drug-likeness (QED) is 0.518. The van der Waals surface area contributed by atoms with Gasteiger partial charge >= 0.3 is 5.97 Å². The molecule has 0 radical (unpaired) electrons. The second-order valence-electron chi connectivity index (χ2n) is 6.83. The van der Waals surface area contributed by atoms with Crippen molar-refractivity contribution in [1.82, 2.24) is 4.98 Å². The minimum Gasteiger partial charge on any atom is -0.457 e. The van der Waals surface area contributed by atoms with Gasteiger partial charge in [-0.3, -0.25) is 0 Å². The van der Waals surface area contributed by atoms with Gasteiger partial charge in [-0.15, -0.1) is 0 Å². The second-order valence-corrected chi connectivity index (χ2v) is 6.83. The third kappa shape index (κ3) is 3.97. The number of aromatic nitrogens is 1. The van der Waals surface area contributed by atoms with Gasteiger partial charge in [0.25, 0.3) is 0 Å². The zero-order valence-corrected chi connectivity index (χ0v) is 14.5. The van der Waals surface area contributed by atoms with E-state index in [2.05, 4.69) is 4.98 Å². The third-order valence-corrected chi connectivity index (χ3v) is 3.66. The van der Waals surface area contributed by atoms with Gasteiger partial charge in [0.1, 0.15) is 11.4 Å². The highest BCUT2D eigenvalue weighted by atomic mass is 19.1. The number of aromatic amines is 1. The average molecular weight is 337 g/mol. The van der Waals surface area contributed by atoms with Crippen molar-refractivity contribution < 1.29 is 13.9 Å². The van der Waals surface area contributed by atoms with Crippen molar-refractivity contribution in [2.45, 2.75) is 26.4 Å². The molecule has 0 unspecified atom stereocenters. The lowest BCUT2D eigenvalue weighted by atomic mass is 10.0.